The van der Waals surface area contributed by atoms with Gasteiger partial charge in [0.25, 0.3) is 0 Å². The Kier molecular flexibility index (Phi) is 4.97. The van der Waals surface area contributed by atoms with Gasteiger partial charge in [0.15, 0.2) is 0 Å². The minimum Gasteiger partial charge on any atom is -0.340 e. The lowest BCUT2D eigenvalue weighted by atomic mass is 10.1. The second-order valence-corrected chi connectivity index (χ2v) is 8.56. The standard InChI is InChI=1S/C20H21N5O2S/c1-21-28(26,27)18-4-2-3-17(11-18)25-20-12-19(22-13-23-20)24-16-9-7-15(8-10-16)14-5-6-14/h2-4,7-14,21H,5-6H2,1H3,(H2,22,23,24,25). The Morgan fingerprint density at radius 2 is 1.57 bits per heavy atom. The molecule has 0 amide bonds. The van der Waals surface area contributed by atoms with Gasteiger partial charge >= 0.3 is 0 Å². The Hall–Kier alpha value is -2.97. The summed E-state index contributed by atoms with van der Waals surface area (Å²) in [6, 6.07) is 16.7. The van der Waals surface area contributed by atoms with Crippen LogP contribution < -0.4 is 15.4 Å². The van der Waals surface area contributed by atoms with Gasteiger partial charge < -0.3 is 10.6 Å². The maximum absolute atomic E-state index is 12.0. The molecule has 1 aliphatic rings. The molecule has 1 aromatic heterocycles. The van der Waals surface area contributed by atoms with E-state index in [0.717, 1.165) is 11.6 Å². The molecule has 0 atom stereocenters. The summed E-state index contributed by atoms with van der Waals surface area (Å²) in [5.74, 6) is 1.94. The summed E-state index contributed by atoms with van der Waals surface area (Å²) in [5.41, 5.74) is 2.96. The fourth-order valence-electron chi connectivity index (χ4n) is 2.90. The Morgan fingerprint density at radius 3 is 2.21 bits per heavy atom. The zero-order valence-electron chi connectivity index (χ0n) is 15.4. The summed E-state index contributed by atoms with van der Waals surface area (Å²) in [4.78, 5) is 8.64. The summed E-state index contributed by atoms with van der Waals surface area (Å²) in [7, 11) is -2.12. The van der Waals surface area contributed by atoms with E-state index in [2.05, 4.69) is 49.6 Å². The first-order chi connectivity index (χ1) is 13.5. The van der Waals surface area contributed by atoms with Crippen LogP contribution in [0.4, 0.5) is 23.0 Å². The first-order valence-corrected chi connectivity index (χ1v) is 10.5. The van der Waals surface area contributed by atoms with Crippen LogP contribution in [0.25, 0.3) is 0 Å². The van der Waals surface area contributed by atoms with Gasteiger partial charge in [-0.25, -0.2) is 23.1 Å². The van der Waals surface area contributed by atoms with Crippen molar-refractivity contribution in [3.63, 3.8) is 0 Å². The molecule has 0 aliphatic heterocycles. The molecule has 0 spiro atoms. The first kappa shape index (κ1) is 18.4. The van der Waals surface area contributed by atoms with Crippen LogP contribution in [-0.2, 0) is 10.0 Å². The van der Waals surface area contributed by atoms with Crippen LogP contribution in [-0.4, -0.2) is 25.4 Å². The summed E-state index contributed by atoms with van der Waals surface area (Å²) >= 11 is 0. The van der Waals surface area contributed by atoms with Crippen LogP contribution >= 0.6 is 0 Å². The topological polar surface area (TPSA) is 96.0 Å². The predicted molar refractivity (Wildman–Crippen MR) is 110 cm³/mol. The van der Waals surface area contributed by atoms with E-state index in [9.17, 15) is 8.42 Å². The SMILES string of the molecule is CNS(=O)(=O)c1cccc(Nc2cc(Nc3ccc(C4CC4)cc3)ncn2)c1. The number of sulfonamides is 1. The fraction of sp³-hybridized carbons (Fsp3) is 0.200. The highest BCUT2D eigenvalue weighted by atomic mass is 32.2. The number of nitrogens with one attached hydrogen (secondary N) is 3. The Balaban J connectivity index is 1.48. The highest BCUT2D eigenvalue weighted by Gasteiger charge is 2.22. The minimum atomic E-state index is -3.50. The summed E-state index contributed by atoms with van der Waals surface area (Å²) < 4.78 is 26.2. The van der Waals surface area contributed by atoms with Crippen molar-refractivity contribution < 1.29 is 8.42 Å². The van der Waals surface area contributed by atoms with Crippen molar-refractivity contribution in [2.75, 3.05) is 17.7 Å². The zero-order chi connectivity index (χ0) is 19.6. The third kappa shape index (κ3) is 4.29. The summed E-state index contributed by atoms with van der Waals surface area (Å²) in [6.07, 6.45) is 4.02. The molecular weight excluding hydrogens is 374 g/mol. The molecule has 28 heavy (non-hydrogen) atoms. The molecule has 144 valence electrons. The molecule has 0 radical (unpaired) electrons. The van der Waals surface area contributed by atoms with Crippen LogP contribution in [0.1, 0.15) is 24.3 Å². The second-order valence-electron chi connectivity index (χ2n) is 6.67. The fourth-order valence-corrected chi connectivity index (χ4v) is 3.68. The monoisotopic (exact) mass is 395 g/mol. The van der Waals surface area contributed by atoms with Crippen molar-refractivity contribution in [2.24, 2.45) is 0 Å². The van der Waals surface area contributed by atoms with Gasteiger partial charge in [-0.2, -0.15) is 0 Å². The molecule has 0 bridgehead atoms. The lowest BCUT2D eigenvalue weighted by molar-refractivity contribution is 0.588. The van der Waals surface area contributed by atoms with Crippen molar-refractivity contribution in [1.82, 2.24) is 14.7 Å². The Bertz CT molecular complexity index is 1080. The molecule has 0 saturated heterocycles. The maximum atomic E-state index is 12.0. The third-order valence-corrected chi connectivity index (χ3v) is 6.00. The van der Waals surface area contributed by atoms with Gasteiger partial charge in [0.2, 0.25) is 10.0 Å². The molecule has 1 fully saturated rings. The molecule has 3 N–H and O–H groups in total. The molecule has 1 heterocycles. The van der Waals surface area contributed by atoms with Crippen LogP contribution in [0.3, 0.4) is 0 Å². The van der Waals surface area contributed by atoms with Crippen molar-refractivity contribution >= 4 is 33.0 Å². The average Bonchev–Trinajstić information content (AvgIpc) is 3.54. The van der Waals surface area contributed by atoms with Gasteiger partial charge in [-0.3, -0.25) is 0 Å². The molecule has 1 aliphatic carbocycles. The van der Waals surface area contributed by atoms with E-state index in [1.807, 2.05) is 0 Å². The maximum Gasteiger partial charge on any atom is 0.240 e. The van der Waals surface area contributed by atoms with Gasteiger partial charge in [-0.05, 0) is 61.7 Å². The molecule has 2 aromatic carbocycles. The summed E-state index contributed by atoms with van der Waals surface area (Å²) in [6.45, 7) is 0. The Morgan fingerprint density at radius 1 is 0.893 bits per heavy atom. The molecule has 1 saturated carbocycles. The first-order valence-electron chi connectivity index (χ1n) is 9.03. The summed E-state index contributed by atoms with van der Waals surface area (Å²) in [5, 5.41) is 6.38. The van der Waals surface area contributed by atoms with E-state index in [0.29, 0.717) is 17.3 Å². The molecule has 7 nitrogen and oxygen atoms in total. The lowest BCUT2D eigenvalue weighted by Crippen LogP contribution is -2.18. The normalized spacial score (nSPS) is 13.9. The number of aromatic nitrogens is 2. The Labute approximate surface area is 164 Å². The van der Waals surface area contributed by atoms with Crippen molar-refractivity contribution in [1.29, 1.82) is 0 Å². The van der Waals surface area contributed by atoms with Gasteiger partial charge in [0.05, 0.1) is 4.90 Å². The molecule has 3 aromatic rings. The van der Waals surface area contributed by atoms with Gasteiger partial charge in [-0.15, -0.1) is 0 Å². The molecule has 0 unspecified atom stereocenters. The molecule has 4 rings (SSSR count). The van der Waals surface area contributed by atoms with Gasteiger partial charge in [-0.1, -0.05) is 18.2 Å². The van der Waals surface area contributed by atoms with Crippen LogP contribution in [0.2, 0.25) is 0 Å². The van der Waals surface area contributed by atoms with E-state index >= 15 is 0 Å². The molecule has 8 heteroatoms. The molecular formula is C20H21N5O2S. The van der Waals surface area contributed by atoms with E-state index in [4.69, 9.17) is 0 Å². The number of benzene rings is 2. The zero-order valence-corrected chi connectivity index (χ0v) is 16.2. The van der Waals surface area contributed by atoms with E-state index in [1.165, 1.54) is 37.8 Å². The van der Waals surface area contributed by atoms with Crippen LogP contribution in [0.15, 0.2) is 65.8 Å². The number of nitrogens with zero attached hydrogens (tertiary/aromatic N) is 2. The predicted octanol–water partition coefficient (Wildman–Crippen LogP) is 3.75. The quantitative estimate of drug-likeness (QED) is 0.564. The number of hydrogen-bond donors (Lipinski definition) is 3. The van der Waals surface area contributed by atoms with E-state index in [1.54, 1.807) is 24.3 Å². The van der Waals surface area contributed by atoms with Crippen molar-refractivity contribution in [3.8, 4) is 0 Å². The largest absolute Gasteiger partial charge is 0.340 e. The minimum absolute atomic E-state index is 0.183. The van der Waals surface area contributed by atoms with Crippen molar-refractivity contribution in [2.45, 2.75) is 23.7 Å². The van der Waals surface area contributed by atoms with E-state index in [-0.39, 0.29) is 4.90 Å². The highest BCUT2D eigenvalue weighted by Crippen LogP contribution is 2.40. The van der Waals surface area contributed by atoms with E-state index < -0.39 is 10.0 Å². The van der Waals surface area contributed by atoms with Gasteiger partial charge in [0.1, 0.15) is 18.0 Å². The average molecular weight is 395 g/mol. The van der Waals surface area contributed by atoms with Crippen molar-refractivity contribution in [3.05, 3.63) is 66.5 Å². The lowest BCUT2D eigenvalue weighted by Gasteiger charge is -2.10. The number of rotatable bonds is 7. The van der Waals surface area contributed by atoms with Gasteiger partial charge in [0, 0.05) is 17.4 Å². The number of hydrogen-bond acceptors (Lipinski definition) is 6. The third-order valence-electron chi connectivity index (χ3n) is 4.58. The van der Waals surface area contributed by atoms with Crippen LogP contribution in [0, 0.1) is 0 Å². The van der Waals surface area contributed by atoms with Crippen LogP contribution in [0.5, 0.6) is 0 Å². The number of anilines is 4. The smallest absolute Gasteiger partial charge is 0.240 e. The highest BCUT2D eigenvalue weighted by molar-refractivity contribution is 7.89. The second kappa shape index (κ2) is 7.57.